The minimum Gasteiger partial charge on any atom is -0.308 e. The van der Waals surface area contributed by atoms with Gasteiger partial charge in [0.2, 0.25) is 0 Å². The van der Waals surface area contributed by atoms with E-state index in [0.717, 1.165) is 53.2 Å². The summed E-state index contributed by atoms with van der Waals surface area (Å²) in [6.07, 6.45) is 1.98. The fraction of sp³-hybridized carbons (Fsp3) is 0.240. The molecule has 0 saturated heterocycles. The standard InChI is InChI=1S/C25H24N4/c1-4-7-23-28-24-17(2)14-18(3)27-25(24)29(23)16-19-10-12-20(13-11-19)22-9-6-5-8-21(22)15-26/h5-6,8-14H,4,7,16H2,1-3H3. The van der Waals surface area contributed by atoms with Crippen LogP contribution in [0.1, 0.15) is 41.6 Å². The SMILES string of the molecule is CCCc1nc2c(C)cc(C)nc2n1Cc1ccc(-c2ccccc2C#N)cc1. The van der Waals surface area contributed by atoms with Crippen molar-refractivity contribution in [3.63, 3.8) is 0 Å². The lowest BCUT2D eigenvalue weighted by molar-refractivity contribution is 0.716. The van der Waals surface area contributed by atoms with Gasteiger partial charge in [0.15, 0.2) is 5.65 Å². The number of hydrogen-bond acceptors (Lipinski definition) is 3. The Morgan fingerprint density at radius 2 is 1.76 bits per heavy atom. The molecule has 2 heterocycles. The fourth-order valence-corrected chi connectivity index (χ4v) is 3.83. The van der Waals surface area contributed by atoms with Crippen LogP contribution >= 0.6 is 0 Å². The molecule has 144 valence electrons. The Balaban J connectivity index is 1.72. The van der Waals surface area contributed by atoms with Gasteiger partial charge in [0.25, 0.3) is 0 Å². The van der Waals surface area contributed by atoms with Crippen LogP contribution in [0.15, 0.2) is 54.6 Å². The number of hydrogen-bond donors (Lipinski definition) is 0. The van der Waals surface area contributed by atoms with Crippen molar-refractivity contribution in [2.24, 2.45) is 0 Å². The molecular formula is C25H24N4. The molecule has 0 aliphatic rings. The molecule has 4 nitrogen and oxygen atoms in total. The molecule has 29 heavy (non-hydrogen) atoms. The Labute approximate surface area is 171 Å². The molecular weight excluding hydrogens is 356 g/mol. The van der Waals surface area contributed by atoms with Crippen LogP contribution in [0.5, 0.6) is 0 Å². The summed E-state index contributed by atoms with van der Waals surface area (Å²) in [6.45, 7) is 7.05. The molecule has 0 unspecified atom stereocenters. The van der Waals surface area contributed by atoms with E-state index in [1.807, 2.05) is 31.2 Å². The highest BCUT2D eigenvalue weighted by Crippen LogP contribution is 2.25. The summed E-state index contributed by atoms with van der Waals surface area (Å²) in [7, 11) is 0. The summed E-state index contributed by atoms with van der Waals surface area (Å²) in [5.41, 5.74) is 8.06. The normalized spacial score (nSPS) is 11.0. The van der Waals surface area contributed by atoms with Crippen molar-refractivity contribution in [1.82, 2.24) is 14.5 Å². The zero-order valence-electron chi connectivity index (χ0n) is 17.1. The number of benzene rings is 2. The largest absolute Gasteiger partial charge is 0.308 e. The average molecular weight is 380 g/mol. The van der Waals surface area contributed by atoms with Crippen molar-refractivity contribution < 1.29 is 0 Å². The third-order valence-corrected chi connectivity index (χ3v) is 5.23. The Kier molecular flexibility index (Phi) is 5.14. The summed E-state index contributed by atoms with van der Waals surface area (Å²) in [5, 5.41) is 9.36. The Hall–Kier alpha value is -3.45. The van der Waals surface area contributed by atoms with Crippen molar-refractivity contribution in [3.8, 4) is 17.2 Å². The lowest BCUT2D eigenvalue weighted by atomic mass is 9.99. The maximum atomic E-state index is 9.36. The first-order chi connectivity index (χ1) is 14.1. The van der Waals surface area contributed by atoms with Crippen molar-refractivity contribution in [2.45, 2.75) is 40.2 Å². The Morgan fingerprint density at radius 1 is 1.00 bits per heavy atom. The maximum Gasteiger partial charge on any atom is 0.160 e. The Morgan fingerprint density at radius 3 is 2.48 bits per heavy atom. The van der Waals surface area contributed by atoms with Crippen LogP contribution in [0.4, 0.5) is 0 Å². The molecule has 0 aliphatic carbocycles. The number of pyridine rings is 1. The van der Waals surface area contributed by atoms with Gasteiger partial charge in [-0.3, -0.25) is 0 Å². The van der Waals surface area contributed by atoms with Crippen LogP contribution in [0.2, 0.25) is 0 Å². The number of nitrogens with zero attached hydrogens (tertiary/aromatic N) is 4. The third kappa shape index (κ3) is 3.64. The first-order valence-electron chi connectivity index (χ1n) is 10.0. The molecule has 2 aromatic heterocycles. The van der Waals surface area contributed by atoms with Gasteiger partial charge in [0, 0.05) is 12.1 Å². The van der Waals surface area contributed by atoms with Gasteiger partial charge >= 0.3 is 0 Å². The predicted molar refractivity (Wildman–Crippen MR) is 117 cm³/mol. The van der Waals surface area contributed by atoms with Crippen LogP contribution in [0.3, 0.4) is 0 Å². The zero-order valence-corrected chi connectivity index (χ0v) is 17.1. The quantitative estimate of drug-likeness (QED) is 0.454. The van der Waals surface area contributed by atoms with Gasteiger partial charge in [-0.15, -0.1) is 0 Å². The van der Waals surface area contributed by atoms with Crippen LogP contribution in [0, 0.1) is 25.2 Å². The number of imidazole rings is 1. The summed E-state index contributed by atoms with van der Waals surface area (Å²) in [5.74, 6) is 1.09. The highest BCUT2D eigenvalue weighted by atomic mass is 15.1. The summed E-state index contributed by atoms with van der Waals surface area (Å²) >= 11 is 0. The minimum atomic E-state index is 0.696. The van der Waals surface area contributed by atoms with Crippen LogP contribution < -0.4 is 0 Å². The number of nitriles is 1. The van der Waals surface area contributed by atoms with E-state index in [0.29, 0.717) is 5.56 Å². The van der Waals surface area contributed by atoms with Crippen molar-refractivity contribution in [2.75, 3.05) is 0 Å². The molecule has 0 amide bonds. The van der Waals surface area contributed by atoms with Gasteiger partial charge in [0.1, 0.15) is 11.3 Å². The molecule has 2 aromatic carbocycles. The van der Waals surface area contributed by atoms with E-state index < -0.39 is 0 Å². The second-order valence-electron chi connectivity index (χ2n) is 7.47. The fourth-order valence-electron chi connectivity index (χ4n) is 3.83. The maximum absolute atomic E-state index is 9.36. The zero-order chi connectivity index (χ0) is 20.4. The number of aryl methyl sites for hydroxylation is 3. The molecule has 0 saturated carbocycles. The topological polar surface area (TPSA) is 54.5 Å². The average Bonchev–Trinajstić information content (AvgIpc) is 3.06. The highest BCUT2D eigenvalue weighted by molar-refractivity contribution is 5.76. The molecule has 4 aromatic rings. The monoisotopic (exact) mass is 380 g/mol. The van der Waals surface area contributed by atoms with E-state index in [9.17, 15) is 5.26 Å². The molecule has 0 radical (unpaired) electrons. The number of aromatic nitrogens is 3. The van der Waals surface area contributed by atoms with Gasteiger partial charge in [-0.2, -0.15) is 5.26 Å². The highest BCUT2D eigenvalue weighted by Gasteiger charge is 2.14. The summed E-state index contributed by atoms with van der Waals surface area (Å²) < 4.78 is 2.25. The van der Waals surface area contributed by atoms with Gasteiger partial charge in [-0.1, -0.05) is 49.4 Å². The van der Waals surface area contributed by atoms with Crippen LogP contribution in [-0.2, 0) is 13.0 Å². The summed E-state index contributed by atoms with van der Waals surface area (Å²) in [6, 6.07) is 20.5. The van der Waals surface area contributed by atoms with Gasteiger partial charge in [0.05, 0.1) is 18.2 Å². The number of rotatable bonds is 5. The molecule has 0 bridgehead atoms. The first kappa shape index (κ1) is 18.9. The molecule has 4 heteroatoms. The van der Waals surface area contributed by atoms with Crippen molar-refractivity contribution in [3.05, 3.63) is 82.8 Å². The van der Waals surface area contributed by atoms with E-state index in [1.165, 1.54) is 11.1 Å². The van der Waals surface area contributed by atoms with Crippen molar-refractivity contribution >= 4 is 11.2 Å². The van der Waals surface area contributed by atoms with Crippen LogP contribution in [0.25, 0.3) is 22.3 Å². The van der Waals surface area contributed by atoms with E-state index in [1.54, 1.807) is 0 Å². The van der Waals surface area contributed by atoms with E-state index >= 15 is 0 Å². The minimum absolute atomic E-state index is 0.696. The van der Waals surface area contributed by atoms with E-state index in [-0.39, 0.29) is 0 Å². The second kappa shape index (κ2) is 7.89. The summed E-state index contributed by atoms with van der Waals surface area (Å²) in [4.78, 5) is 9.68. The molecule has 0 fully saturated rings. The van der Waals surface area contributed by atoms with Gasteiger partial charge in [-0.05, 0) is 54.7 Å². The van der Waals surface area contributed by atoms with E-state index in [2.05, 4.69) is 54.8 Å². The molecule has 0 N–H and O–H groups in total. The van der Waals surface area contributed by atoms with Crippen molar-refractivity contribution in [1.29, 1.82) is 5.26 Å². The number of fused-ring (bicyclic) bond motifs is 1. The Bertz CT molecular complexity index is 1210. The lowest BCUT2D eigenvalue weighted by Crippen LogP contribution is -2.06. The van der Waals surface area contributed by atoms with Crippen LogP contribution in [-0.4, -0.2) is 14.5 Å². The van der Waals surface area contributed by atoms with E-state index in [4.69, 9.17) is 9.97 Å². The first-order valence-corrected chi connectivity index (χ1v) is 10.0. The molecule has 0 aliphatic heterocycles. The molecule has 4 rings (SSSR count). The van der Waals surface area contributed by atoms with Gasteiger partial charge < -0.3 is 4.57 Å². The third-order valence-electron chi connectivity index (χ3n) is 5.23. The second-order valence-corrected chi connectivity index (χ2v) is 7.47. The molecule has 0 atom stereocenters. The predicted octanol–water partition coefficient (Wildman–Crippen LogP) is 5.59. The van der Waals surface area contributed by atoms with Gasteiger partial charge in [-0.25, -0.2) is 9.97 Å². The molecule has 0 spiro atoms. The smallest absolute Gasteiger partial charge is 0.160 e. The lowest BCUT2D eigenvalue weighted by Gasteiger charge is -2.10.